The van der Waals surface area contributed by atoms with E-state index in [0.29, 0.717) is 22.6 Å². The van der Waals surface area contributed by atoms with Gasteiger partial charge in [0.05, 0.1) is 18.6 Å². The number of aryl methyl sites for hydroxylation is 1. The molecule has 0 unspecified atom stereocenters. The van der Waals surface area contributed by atoms with E-state index in [0.717, 1.165) is 29.4 Å². The Bertz CT molecular complexity index is 1040. The summed E-state index contributed by atoms with van der Waals surface area (Å²) in [7, 11) is 1.59. The molecule has 0 aliphatic heterocycles. The molecular formula is C21H18O5. The van der Waals surface area contributed by atoms with Gasteiger partial charge >= 0.3 is 11.6 Å². The van der Waals surface area contributed by atoms with Gasteiger partial charge in [-0.3, -0.25) is 4.79 Å². The maximum Gasteiger partial charge on any atom is 0.344 e. The zero-order valence-electron chi connectivity index (χ0n) is 14.6. The summed E-state index contributed by atoms with van der Waals surface area (Å²) in [4.78, 5) is 24.4. The molecule has 0 radical (unpaired) electrons. The molecule has 5 nitrogen and oxygen atoms in total. The second-order valence-corrected chi connectivity index (χ2v) is 6.47. The SMILES string of the molecule is COc1ccc(-c2c(C)c3cc(OC(=O)C4CC4)ccc3oc2=O)cc1. The monoisotopic (exact) mass is 350 g/mol. The van der Waals surface area contributed by atoms with Crippen LogP contribution in [0.5, 0.6) is 11.5 Å². The molecule has 26 heavy (non-hydrogen) atoms. The summed E-state index contributed by atoms with van der Waals surface area (Å²) < 4.78 is 16.1. The van der Waals surface area contributed by atoms with Crippen molar-refractivity contribution in [2.75, 3.05) is 7.11 Å². The van der Waals surface area contributed by atoms with Crippen molar-refractivity contribution in [2.24, 2.45) is 5.92 Å². The molecule has 0 atom stereocenters. The van der Waals surface area contributed by atoms with Crippen molar-refractivity contribution in [3.05, 3.63) is 58.4 Å². The second-order valence-electron chi connectivity index (χ2n) is 6.47. The fourth-order valence-electron chi connectivity index (χ4n) is 3.00. The van der Waals surface area contributed by atoms with Gasteiger partial charge in [-0.1, -0.05) is 12.1 Å². The summed E-state index contributed by atoms with van der Waals surface area (Å²) in [5.74, 6) is 1.00. The number of hydrogen-bond acceptors (Lipinski definition) is 5. The average molecular weight is 350 g/mol. The van der Waals surface area contributed by atoms with Crippen molar-refractivity contribution in [3.63, 3.8) is 0 Å². The first-order valence-electron chi connectivity index (χ1n) is 8.50. The molecule has 1 saturated carbocycles. The van der Waals surface area contributed by atoms with Gasteiger partial charge in [-0.05, 0) is 61.2 Å². The minimum absolute atomic E-state index is 0.0235. The molecule has 0 saturated heterocycles. The fraction of sp³-hybridized carbons (Fsp3) is 0.238. The van der Waals surface area contributed by atoms with E-state index in [-0.39, 0.29) is 11.9 Å². The third-order valence-electron chi connectivity index (χ3n) is 4.64. The number of hydrogen-bond donors (Lipinski definition) is 0. The van der Waals surface area contributed by atoms with Crippen molar-refractivity contribution in [3.8, 4) is 22.6 Å². The van der Waals surface area contributed by atoms with Gasteiger partial charge in [0.2, 0.25) is 0 Å². The van der Waals surface area contributed by atoms with Crippen LogP contribution < -0.4 is 15.1 Å². The van der Waals surface area contributed by atoms with Gasteiger partial charge in [-0.15, -0.1) is 0 Å². The van der Waals surface area contributed by atoms with E-state index < -0.39 is 5.63 Å². The summed E-state index contributed by atoms with van der Waals surface area (Å²) >= 11 is 0. The van der Waals surface area contributed by atoms with E-state index >= 15 is 0 Å². The Morgan fingerprint density at radius 3 is 2.42 bits per heavy atom. The molecule has 1 aliphatic rings. The van der Waals surface area contributed by atoms with Crippen LogP contribution in [0.4, 0.5) is 0 Å². The molecular weight excluding hydrogens is 332 g/mol. The molecule has 5 heteroatoms. The van der Waals surface area contributed by atoms with E-state index in [1.807, 2.05) is 19.1 Å². The average Bonchev–Trinajstić information content (AvgIpc) is 3.48. The van der Waals surface area contributed by atoms with Crippen molar-refractivity contribution in [1.29, 1.82) is 0 Å². The zero-order valence-corrected chi connectivity index (χ0v) is 14.6. The van der Waals surface area contributed by atoms with E-state index in [4.69, 9.17) is 13.9 Å². The van der Waals surface area contributed by atoms with Gasteiger partial charge in [0.25, 0.3) is 0 Å². The topological polar surface area (TPSA) is 65.7 Å². The number of rotatable bonds is 4. The number of carbonyl (C=O) groups is 1. The van der Waals surface area contributed by atoms with E-state index in [1.165, 1.54) is 0 Å². The number of fused-ring (bicyclic) bond motifs is 1. The number of ether oxygens (including phenoxy) is 2. The van der Waals surface area contributed by atoms with Gasteiger partial charge < -0.3 is 13.9 Å². The summed E-state index contributed by atoms with van der Waals surface area (Å²) in [5, 5.41) is 0.747. The Kier molecular flexibility index (Phi) is 3.99. The van der Waals surface area contributed by atoms with Crippen molar-refractivity contribution in [2.45, 2.75) is 19.8 Å². The lowest BCUT2D eigenvalue weighted by Crippen LogP contribution is -2.10. The molecule has 2 aromatic carbocycles. The second kappa shape index (κ2) is 6.33. The van der Waals surface area contributed by atoms with Crippen LogP contribution in [0.2, 0.25) is 0 Å². The van der Waals surface area contributed by atoms with Crippen LogP contribution in [0.15, 0.2) is 51.7 Å². The lowest BCUT2D eigenvalue weighted by atomic mass is 9.99. The minimum Gasteiger partial charge on any atom is -0.497 e. The van der Waals surface area contributed by atoms with Crippen LogP contribution in [0, 0.1) is 12.8 Å². The smallest absolute Gasteiger partial charge is 0.344 e. The lowest BCUT2D eigenvalue weighted by Gasteiger charge is -2.10. The summed E-state index contributed by atoms with van der Waals surface area (Å²) in [6.07, 6.45) is 1.78. The van der Waals surface area contributed by atoms with Gasteiger partial charge in [0.15, 0.2) is 0 Å². The van der Waals surface area contributed by atoms with Gasteiger partial charge in [-0.25, -0.2) is 4.79 Å². The molecule has 1 aliphatic carbocycles. The van der Waals surface area contributed by atoms with Gasteiger partial charge in [-0.2, -0.15) is 0 Å². The highest BCUT2D eigenvalue weighted by Crippen LogP contribution is 2.33. The molecule has 0 bridgehead atoms. The first-order chi connectivity index (χ1) is 12.6. The normalized spacial score (nSPS) is 13.6. The Labute approximate surface area is 150 Å². The number of esters is 1. The molecule has 132 valence electrons. The van der Waals surface area contributed by atoms with Gasteiger partial charge in [0, 0.05) is 5.39 Å². The summed E-state index contributed by atoms with van der Waals surface area (Å²) in [5.41, 5.74) is 2.09. The van der Waals surface area contributed by atoms with Crippen LogP contribution >= 0.6 is 0 Å². The van der Waals surface area contributed by atoms with Gasteiger partial charge in [0.1, 0.15) is 17.1 Å². The van der Waals surface area contributed by atoms with Crippen LogP contribution in [0.25, 0.3) is 22.1 Å². The van der Waals surface area contributed by atoms with E-state index in [9.17, 15) is 9.59 Å². The third-order valence-corrected chi connectivity index (χ3v) is 4.64. The first-order valence-corrected chi connectivity index (χ1v) is 8.50. The van der Waals surface area contributed by atoms with Crippen LogP contribution in [0.3, 0.4) is 0 Å². The number of methoxy groups -OCH3 is 1. The van der Waals surface area contributed by atoms with Crippen molar-refractivity contribution < 1.29 is 18.7 Å². The fourth-order valence-corrected chi connectivity index (χ4v) is 3.00. The first kappa shape index (κ1) is 16.4. The maximum atomic E-state index is 12.5. The quantitative estimate of drug-likeness (QED) is 0.403. The Morgan fingerprint density at radius 2 is 1.77 bits per heavy atom. The predicted octanol–water partition coefficient (Wildman–Crippen LogP) is 4.09. The largest absolute Gasteiger partial charge is 0.497 e. The molecule has 4 rings (SSSR count). The van der Waals surface area contributed by atoms with E-state index in [1.54, 1.807) is 37.4 Å². The van der Waals surface area contributed by atoms with Crippen LogP contribution in [-0.4, -0.2) is 13.1 Å². The minimum atomic E-state index is -0.400. The Balaban J connectivity index is 1.79. The van der Waals surface area contributed by atoms with Crippen LogP contribution in [-0.2, 0) is 4.79 Å². The van der Waals surface area contributed by atoms with Crippen LogP contribution in [0.1, 0.15) is 18.4 Å². The summed E-state index contributed by atoms with van der Waals surface area (Å²) in [6.45, 7) is 1.87. The molecule has 0 amide bonds. The van der Waals surface area contributed by atoms with E-state index in [2.05, 4.69) is 0 Å². The highest BCUT2D eigenvalue weighted by atomic mass is 16.5. The van der Waals surface area contributed by atoms with Crippen molar-refractivity contribution >= 4 is 16.9 Å². The highest BCUT2D eigenvalue weighted by Gasteiger charge is 2.31. The number of benzene rings is 2. The Morgan fingerprint density at radius 1 is 1.08 bits per heavy atom. The molecule has 3 aromatic rings. The van der Waals surface area contributed by atoms with Crippen molar-refractivity contribution in [1.82, 2.24) is 0 Å². The highest BCUT2D eigenvalue weighted by molar-refractivity contribution is 5.88. The predicted molar refractivity (Wildman–Crippen MR) is 97.6 cm³/mol. The third kappa shape index (κ3) is 2.96. The maximum absolute atomic E-state index is 12.5. The molecule has 1 aromatic heterocycles. The molecule has 1 heterocycles. The lowest BCUT2D eigenvalue weighted by molar-refractivity contribution is -0.135. The summed E-state index contributed by atoms with van der Waals surface area (Å²) in [6, 6.07) is 12.3. The molecule has 0 spiro atoms. The number of carbonyl (C=O) groups excluding carboxylic acids is 1. The molecule has 1 fully saturated rings. The molecule has 0 N–H and O–H groups in total. The standard InChI is InChI=1S/C21H18O5/c1-12-17-11-16(25-20(22)14-3-4-14)9-10-18(17)26-21(23)19(12)13-5-7-15(24-2)8-6-13/h5-11,14H,3-4H2,1-2H3. The zero-order chi connectivity index (χ0) is 18.3. The Hall–Kier alpha value is -3.08.